The van der Waals surface area contributed by atoms with Gasteiger partial charge in [-0.3, -0.25) is 24.0 Å². The molecule has 4 amide bonds. The first-order chi connectivity index (χ1) is 22.1. The molecule has 1 unspecified atom stereocenters. The summed E-state index contributed by atoms with van der Waals surface area (Å²) in [5.41, 5.74) is 1.55. The molecular weight excluding hydrogens is 593 g/mol. The van der Waals surface area contributed by atoms with Crippen LogP contribution in [0.4, 0.5) is 4.39 Å². The van der Waals surface area contributed by atoms with Crippen LogP contribution in [0.3, 0.4) is 0 Å². The van der Waals surface area contributed by atoms with Crippen molar-refractivity contribution in [2.75, 3.05) is 13.7 Å². The maximum absolute atomic E-state index is 14.2. The number of carbonyl (C=O) groups is 5. The van der Waals surface area contributed by atoms with Gasteiger partial charge in [-0.05, 0) is 56.1 Å². The number of nitrogens with zero attached hydrogens (tertiary/aromatic N) is 2. The van der Waals surface area contributed by atoms with Crippen LogP contribution >= 0.6 is 0 Å². The number of para-hydroxylation sites is 1. The predicted octanol–water partition coefficient (Wildman–Crippen LogP) is 3.02. The van der Waals surface area contributed by atoms with Gasteiger partial charge in [-0.2, -0.15) is 4.73 Å². The van der Waals surface area contributed by atoms with E-state index in [-0.39, 0.29) is 37.5 Å². The average Bonchev–Trinajstić information content (AvgIpc) is 3.43. The third-order valence-corrected chi connectivity index (χ3v) is 9.41. The number of Topliss-reactive ketones (excluding diaryl/α,β-unsaturated/α-hetero) is 1. The first-order valence-corrected chi connectivity index (χ1v) is 16.6. The molecule has 0 bridgehead atoms. The molecule has 2 saturated heterocycles. The molecule has 11 nitrogen and oxygen atoms in total. The molecule has 2 aromatic rings. The van der Waals surface area contributed by atoms with Crippen LogP contribution in [0.5, 0.6) is 0 Å². The predicted molar refractivity (Wildman–Crippen MR) is 171 cm³/mol. The van der Waals surface area contributed by atoms with Crippen LogP contribution in [0.2, 0.25) is 0 Å². The van der Waals surface area contributed by atoms with Gasteiger partial charge in [0, 0.05) is 31.0 Å². The zero-order chi connectivity index (χ0) is 33.4. The fraction of sp³-hybridized carbons (Fsp3) is 0.618. The summed E-state index contributed by atoms with van der Waals surface area (Å²) in [6.45, 7) is 5.82. The quantitative estimate of drug-likeness (QED) is 0.305. The summed E-state index contributed by atoms with van der Waals surface area (Å²) in [5, 5.41) is 9.53. The summed E-state index contributed by atoms with van der Waals surface area (Å²) in [6.07, 6.45) is 3.89. The molecule has 2 aliphatic rings. The lowest BCUT2D eigenvalue weighted by Gasteiger charge is -2.39. The minimum atomic E-state index is -1.56. The van der Waals surface area contributed by atoms with Crippen molar-refractivity contribution in [3.8, 4) is 0 Å². The Labute approximate surface area is 269 Å². The van der Waals surface area contributed by atoms with Gasteiger partial charge in [0.25, 0.3) is 0 Å². The fourth-order valence-corrected chi connectivity index (χ4v) is 6.41. The van der Waals surface area contributed by atoms with Crippen LogP contribution in [-0.4, -0.2) is 83.0 Å². The third-order valence-electron chi connectivity index (χ3n) is 9.41. The van der Waals surface area contributed by atoms with E-state index in [4.69, 9.17) is 4.84 Å². The van der Waals surface area contributed by atoms with E-state index in [0.717, 1.165) is 29.3 Å². The largest absolute Gasteiger partial charge is 0.417 e. The molecule has 3 heterocycles. The maximum atomic E-state index is 14.2. The van der Waals surface area contributed by atoms with Crippen LogP contribution in [0, 0.1) is 5.92 Å². The average molecular weight is 642 g/mol. The van der Waals surface area contributed by atoms with Crippen molar-refractivity contribution in [3.05, 3.63) is 36.0 Å². The first-order valence-electron chi connectivity index (χ1n) is 16.6. The Morgan fingerprint density at radius 1 is 1.00 bits per heavy atom. The minimum absolute atomic E-state index is 0.0332. The van der Waals surface area contributed by atoms with E-state index < -0.39 is 53.8 Å². The SMILES string of the molecule is CCC(=O)C(F)CCCC[C@@H]1NC(=O)[C@H]2CCCCN2C(=O)[C@H]([C@@H](C)CC)NC(=O)[C@H](Cc2cn(OC)c3ccccc23)NC1=O. The Hall–Kier alpha value is -3.96. The molecule has 0 spiro atoms. The highest BCUT2D eigenvalue weighted by Crippen LogP contribution is 2.24. The second kappa shape index (κ2) is 16.0. The molecule has 4 rings (SSSR count). The zero-order valence-electron chi connectivity index (χ0n) is 27.4. The minimum Gasteiger partial charge on any atom is -0.417 e. The Morgan fingerprint density at radius 2 is 1.72 bits per heavy atom. The number of unbranched alkanes of at least 4 members (excludes halogenated alkanes) is 1. The molecule has 2 aliphatic heterocycles. The number of carbonyl (C=O) groups excluding carboxylic acids is 5. The first kappa shape index (κ1) is 34.9. The second-order valence-electron chi connectivity index (χ2n) is 12.5. The van der Waals surface area contributed by atoms with E-state index in [0.29, 0.717) is 32.2 Å². The number of fused-ring (bicyclic) bond motifs is 2. The van der Waals surface area contributed by atoms with Gasteiger partial charge in [0.2, 0.25) is 23.6 Å². The van der Waals surface area contributed by atoms with E-state index in [1.807, 2.05) is 38.1 Å². The molecule has 0 saturated carbocycles. The van der Waals surface area contributed by atoms with Crippen LogP contribution in [-0.2, 0) is 30.4 Å². The van der Waals surface area contributed by atoms with Gasteiger partial charge < -0.3 is 25.7 Å². The summed E-state index contributed by atoms with van der Waals surface area (Å²) >= 11 is 0. The number of ketones is 1. The number of hydrogen-bond donors (Lipinski definition) is 3. The van der Waals surface area contributed by atoms with Gasteiger partial charge in [0.05, 0.1) is 5.52 Å². The number of benzene rings is 1. The van der Waals surface area contributed by atoms with Crippen molar-refractivity contribution in [2.24, 2.45) is 5.92 Å². The maximum Gasteiger partial charge on any atom is 0.246 e. The molecule has 2 fully saturated rings. The van der Waals surface area contributed by atoms with E-state index in [2.05, 4.69) is 16.0 Å². The van der Waals surface area contributed by atoms with Crippen molar-refractivity contribution in [1.82, 2.24) is 25.6 Å². The monoisotopic (exact) mass is 641 g/mol. The fourth-order valence-electron chi connectivity index (χ4n) is 6.41. The van der Waals surface area contributed by atoms with Gasteiger partial charge in [-0.25, -0.2) is 4.39 Å². The Bertz CT molecular complexity index is 1410. The number of aromatic nitrogens is 1. The van der Waals surface area contributed by atoms with Crippen LogP contribution < -0.4 is 20.8 Å². The van der Waals surface area contributed by atoms with E-state index in [1.165, 1.54) is 7.11 Å². The van der Waals surface area contributed by atoms with Crippen molar-refractivity contribution in [1.29, 1.82) is 0 Å². The molecule has 1 aromatic heterocycles. The number of nitrogens with one attached hydrogen (secondary N) is 3. The standard InChI is InChI=1S/C34H48FN5O6/c1-5-21(3)30-34(45)39-18-12-11-17-28(39)33(44)36-25(15-9-8-14-24(35)29(41)6-2)31(42)37-26(32(43)38-30)19-22-20-40(46-4)27-16-10-7-13-23(22)27/h7,10,13,16,20-21,24-26,28,30H,5-6,8-9,11-12,14-15,17-19H2,1-4H3,(H,36,44)(H,37,42)(H,38,43)/t21-,24?,25-,26-,28+,30-/m0/s1. The Kier molecular flexibility index (Phi) is 12.2. The highest BCUT2D eigenvalue weighted by molar-refractivity contribution is 5.98. The molecule has 12 heteroatoms. The highest BCUT2D eigenvalue weighted by atomic mass is 19.1. The number of hydrogen-bond acceptors (Lipinski definition) is 6. The van der Waals surface area contributed by atoms with Crippen LogP contribution in [0.25, 0.3) is 10.9 Å². The molecule has 1 aromatic carbocycles. The smallest absolute Gasteiger partial charge is 0.246 e. The number of rotatable bonds is 12. The normalized spacial score (nSPS) is 24.2. The van der Waals surface area contributed by atoms with E-state index in [1.54, 1.807) is 22.8 Å². The molecule has 252 valence electrons. The molecule has 46 heavy (non-hydrogen) atoms. The number of halogens is 1. The number of alkyl halides is 1. The number of amides is 4. The van der Waals surface area contributed by atoms with Gasteiger partial charge in [-0.15, -0.1) is 0 Å². The summed E-state index contributed by atoms with van der Waals surface area (Å²) in [5.74, 6) is -2.46. The molecule has 6 atom stereocenters. The van der Waals surface area contributed by atoms with Gasteiger partial charge in [0.1, 0.15) is 31.3 Å². The topological polar surface area (TPSA) is 139 Å². The van der Waals surface area contributed by atoms with Crippen molar-refractivity contribution < 1.29 is 33.2 Å². The van der Waals surface area contributed by atoms with Gasteiger partial charge in [-0.1, -0.05) is 51.8 Å². The molecule has 0 radical (unpaired) electrons. The van der Waals surface area contributed by atoms with Gasteiger partial charge >= 0.3 is 0 Å². The summed E-state index contributed by atoms with van der Waals surface area (Å²) in [7, 11) is 1.54. The molecule has 3 N–H and O–H groups in total. The van der Waals surface area contributed by atoms with Crippen LogP contribution in [0.1, 0.15) is 84.1 Å². The lowest BCUT2D eigenvalue weighted by Crippen LogP contribution is -2.64. The summed E-state index contributed by atoms with van der Waals surface area (Å²) < 4.78 is 15.8. The lowest BCUT2D eigenvalue weighted by molar-refractivity contribution is -0.147. The van der Waals surface area contributed by atoms with E-state index >= 15 is 0 Å². The summed E-state index contributed by atoms with van der Waals surface area (Å²) in [6, 6.07) is 3.80. The van der Waals surface area contributed by atoms with Gasteiger partial charge in [0.15, 0.2) is 12.0 Å². The van der Waals surface area contributed by atoms with E-state index in [9.17, 15) is 28.4 Å². The second-order valence-corrected chi connectivity index (χ2v) is 12.5. The third kappa shape index (κ3) is 8.06. The highest BCUT2D eigenvalue weighted by Gasteiger charge is 2.41. The molecule has 0 aliphatic carbocycles. The zero-order valence-corrected chi connectivity index (χ0v) is 27.4. The van der Waals surface area contributed by atoms with Crippen molar-refractivity contribution >= 4 is 40.3 Å². The Balaban J connectivity index is 1.66. The van der Waals surface area contributed by atoms with Crippen LogP contribution in [0.15, 0.2) is 30.5 Å². The van der Waals surface area contributed by atoms with Crippen molar-refractivity contribution in [2.45, 2.75) is 115 Å². The molecular formula is C34H48FN5O6. The van der Waals surface area contributed by atoms with Crippen molar-refractivity contribution in [3.63, 3.8) is 0 Å². The summed E-state index contributed by atoms with van der Waals surface area (Å²) in [4.78, 5) is 74.4. The lowest BCUT2D eigenvalue weighted by atomic mass is 9.93. The number of piperidine rings is 1. The Morgan fingerprint density at radius 3 is 2.43 bits per heavy atom.